The molecule has 132 valence electrons. The molecule has 0 unspecified atom stereocenters. The fourth-order valence-corrected chi connectivity index (χ4v) is 7.42. The molecule has 1 aromatic carbocycles. The average Bonchev–Trinajstić information content (AvgIpc) is 3.22. The number of furan rings is 1. The molecule has 0 saturated carbocycles. The molecule has 2 heterocycles. The van der Waals surface area contributed by atoms with Crippen LogP contribution in [0.4, 0.5) is 0 Å². The van der Waals surface area contributed by atoms with E-state index in [4.69, 9.17) is 4.42 Å². The lowest BCUT2D eigenvalue weighted by Crippen LogP contribution is -2.26. The molecule has 1 spiro atoms. The highest BCUT2D eigenvalue weighted by molar-refractivity contribution is 8.20. The predicted octanol–water partition coefficient (Wildman–Crippen LogP) is 4.53. The fourth-order valence-electron chi connectivity index (χ4n) is 3.86. The Morgan fingerprint density at radius 1 is 1.24 bits per heavy atom. The third-order valence-corrected chi connectivity index (χ3v) is 8.54. The van der Waals surface area contributed by atoms with E-state index in [9.17, 15) is 4.79 Å². The number of amides is 1. The van der Waals surface area contributed by atoms with E-state index < -0.39 is 0 Å². The molecule has 1 aliphatic heterocycles. The van der Waals surface area contributed by atoms with Crippen LogP contribution in [0.1, 0.15) is 45.8 Å². The lowest BCUT2D eigenvalue weighted by molar-refractivity contribution is 0.0923. The highest BCUT2D eigenvalue weighted by Gasteiger charge is 2.45. The van der Waals surface area contributed by atoms with Gasteiger partial charge in [-0.2, -0.15) is 0 Å². The van der Waals surface area contributed by atoms with Gasteiger partial charge in [0.1, 0.15) is 5.76 Å². The van der Waals surface area contributed by atoms with Gasteiger partial charge in [0.15, 0.2) is 5.76 Å². The van der Waals surface area contributed by atoms with Crippen molar-refractivity contribution >= 4 is 29.4 Å². The first-order valence-corrected chi connectivity index (χ1v) is 10.9. The van der Waals surface area contributed by atoms with Gasteiger partial charge in [-0.15, -0.1) is 23.5 Å². The number of fused-ring (bicyclic) bond motifs is 2. The normalized spacial score (nSPS) is 18.3. The van der Waals surface area contributed by atoms with Crippen LogP contribution >= 0.6 is 23.5 Å². The van der Waals surface area contributed by atoms with E-state index in [0.717, 1.165) is 30.6 Å². The summed E-state index contributed by atoms with van der Waals surface area (Å²) in [5, 5.41) is 3.03. The highest BCUT2D eigenvalue weighted by atomic mass is 32.2. The fraction of sp³-hybridized carbons (Fsp3) is 0.450. The van der Waals surface area contributed by atoms with Crippen molar-refractivity contribution in [1.29, 1.82) is 0 Å². The van der Waals surface area contributed by atoms with Gasteiger partial charge in [0.25, 0.3) is 5.91 Å². The van der Waals surface area contributed by atoms with E-state index in [1.165, 1.54) is 29.1 Å². The maximum absolute atomic E-state index is 12.7. The molecule has 25 heavy (non-hydrogen) atoms. The van der Waals surface area contributed by atoms with E-state index in [-0.39, 0.29) is 9.99 Å². The van der Waals surface area contributed by atoms with E-state index in [1.54, 1.807) is 0 Å². The Hall–Kier alpha value is -1.33. The molecule has 2 aliphatic rings. The van der Waals surface area contributed by atoms with Crippen molar-refractivity contribution < 1.29 is 9.21 Å². The second-order valence-electron chi connectivity index (χ2n) is 6.65. The maximum Gasteiger partial charge on any atom is 0.287 e. The number of hydrogen-bond acceptors (Lipinski definition) is 4. The van der Waals surface area contributed by atoms with Crippen molar-refractivity contribution in [3.63, 3.8) is 0 Å². The lowest BCUT2D eigenvalue weighted by Gasteiger charge is -2.31. The van der Waals surface area contributed by atoms with Gasteiger partial charge < -0.3 is 9.73 Å². The van der Waals surface area contributed by atoms with Gasteiger partial charge in [-0.3, -0.25) is 4.79 Å². The predicted molar refractivity (Wildman–Crippen MR) is 105 cm³/mol. The van der Waals surface area contributed by atoms with Gasteiger partial charge in [0.2, 0.25) is 0 Å². The van der Waals surface area contributed by atoms with Crippen molar-refractivity contribution in [3.05, 3.63) is 58.5 Å². The number of benzene rings is 1. The number of hydrogen-bond donors (Lipinski definition) is 1. The van der Waals surface area contributed by atoms with Crippen molar-refractivity contribution in [1.82, 2.24) is 5.32 Å². The molecule has 2 aromatic rings. The van der Waals surface area contributed by atoms with E-state index in [2.05, 4.69) is 24.4 Å². The molecule has 1 saturated heterocycles. The van der Waals surface area contributed by atoms with Gasteiger partial charge in [0.05, 0.1) is 4.08 Å². The monoisotopic (exact) mass is 373 g/mol. The molecular weight excluding hydrogens is 350 g/mol. The molecule has 4 rings (SSSR count). The summed E-state index contributed by atoms with van der Waals surface area (Å²) in [6, 6.07) is 10.2. The zero-order chi connectivity index (χ0) is 17.3. The van der Waals surface area contributed by atoms with Crippen LogP contribution in [0.3, 0.4) is 0 Å². The number of rotatable bonds is 4. The van der Waals surface area contributed by atoms with Crippen molar-refractivity contribution in [2.45, 2.75) is 36.7 Å². The quantitative estimate of drug-likeness (QED) is 0.855. The minimum atomic E-state index is -0.0778. The largest absolute Gasteiger partial charge is 0.455 e. The van der Waals surface area contributed by atoms with Crippen LogP contribution < -0.4 is 5.32 Å². The van der Waals surface area contributed by atoms with Crippen molar-refractivity contribution in [2.75, 3.05) is 18.1 Å². The Morgan fingerprint density at radius 3 is 2.76 bits per heavy atom. The van der Waals surface area contributed by atoms with Crippen molar-refractivity contribution in [3.8, 4) is 0 Å². The highest BCUT2D eigenvalue weighted by Crippen LogP contribution is 2.59. The minimum absolute atomic E-state index is 0.0778. The third kappa shape index (κ3) is 3.24. The first-order valence-electron chi connectivity index (χ1n) is 8.92. The molecule has 1 aromatic heterocycles. The van der Waals surface area contributed by atoms with Crippen LogP contribution in [0, 0.1) is 6.92 Å². The summed E-state index contributed by atoms with van der Waals surface area (Å²) in [5.74, 6) is 3.86. The minimum Gasteiger partial charge on any atom is -0.455 e. The average molecular weight is 374 g/mol. The Balaban J connectivity index is 1.49. The summed E-state index contributed by atoms with van der Waals surface area (Å²) >= 11 is 4.07. The van der Waals surface area contributed by atoms with Crippen LogP contribution in [0.25, 0.3) is 0 Å². The standard InChI is InChI=1S/C20H23NO2S2/c1-14-17-16(8-5-10-20(17)24-12-13-25-20)23-18(14)19(22)21-11-9-15-6-3-2-4-7-15/h2-4,6-7H,5,8-13H2,1H3,(H,21,22). The summed E-state index contributed by atoms with van der Waals surface area (Å²) < 4.78 is 6.18. The number of thioether (sulfide) groups is 2. The smallest absolute Gasteiger partial charge is 0.287 e. The lowest BCUT2D eigenvalue weighted by atomic mass is 9.94. The topological polar surface area (TPSA) is 42.2 Å². The maximum atomic E-state index is 12.7. The zero-order valence-corrected chi connectivity index (χ0v) is 16.1. The van der Waals surface area contributed by atoms with Crippen LogP contribution in [0.2, 0.25) is 0 Å². The van der Waals surface area contributed by atoms with Crippen LogP contribution in [-0.2, 0) is 16.9 Å². The molecule has 5 heteroatoms. The SMILES string of the molecule is Cc1c(C(=O)NCCc2ccccc2)oc2c1C1(CCC2)SCCS1. The Kier molecular flexibility index (Phi) is 4.87. The van der Waals surface area contributed by atoms with E-state index >= 15 is 0 Å². The van der Waals surface area contributed by atoms with Gasteiger partial charge in [-0.05, 0) is 31.7 Å². The van der Waals surface area contributed by atoms with Gasteiger partial charge in [-0.1, -0.05) is 30.3 Å². The molecular formula is C20H23NO2S2. The molecule has 1 fully saturated rings. The molecule has 1 amide bonds. The number of nitrogens with one attached hydrogen (secondary N) is 1. The Bertz CT molecular complexity index is 764. The number of carbonyl (C=O) groups is 1. The van der Waals surface area contributed by atoms with E-state index in [1.807, 2.05) is 41.7 Å². The summed E-state index contributed by atoms with van der Waals surface area (Å²) in [6.07, 6.45) is 4.12. The summed E-state index contributed by atoms with van der Waals surface area (Å²) in [4.78, 5) is 12.7. The Labute approximate surface area is 157 Å². The first kappa shape index (κ1) is 17.1. The number of aryl methyl sites for hydroxylation is 1. The summed E-state index contributed by atoms with van der Waals surface area (Å²) in [7, 11) is 0. The molecule has 1 N–H and O–H groups in total. The van der Waals surface area contributed by atoms with Gasteiger partial charge >= 0.3 is 0 Å². The second-order valence-corrected chi connectivity index (χ2v) is 9.70. The van der Waals surface area contributed by atoms with Crippen molar-refractivity contribution in [2.24, 2.45) is 0 Å². The first-order chi connectivity index (χ1) is 12.2. The summed E-state index contributed by atoms with van der Waals surface area (Å²) in [5.41, 5.74) is 3.59. The molecule has 1 aliphatic carbocycles. The Morgan fingerprint density at radius 2 is 2.00 bits per heavy atom. The van der Waals surface area contributed by atoms with Crippen LogP contribution in [0.15, 0.2) is 34.7 Å². The third-order valence-electron chi connectivity index (χ3n) is 5.01. The second kappa shape index (κ2) is 7.12. The zero-order valence-electron chi connectivity index (χ0n) is 14.5. The summed E-state index contributed by atoms with van der Waals surface area (Å²) in [6.45, 7) is 2.68. The molecule has 3 nitrogen and oxygen atoms in total. The van der Waals surface area contributed by atoms with Crippen LogP contribution in [0.5, 0.6) is 0 Å². The molecule has 0 bridgehead atoms. The molecule has 0 radical (unpaired) electrons. The van der Waals surface area contributed by atoms with E-state index in [0.29, 0.717) is 12.3 Å². The molecule has 0 atom stereocenters. The van der Waals surface area contributed by atoms with Gasteiger partial charge in [0, 0.05) is 35.6 Å². The number of carbonyl (C=O) groups excluding carboxylic acids is 1. The van der Waals surface area contributed by atoms with Gasteiger partial charge in [-0.25, -0.2) is 0 Å². The van der Waals surface area contributed by atoms with Crippen LogP contribution in [-0.4, -0.2) is 24.0 Å².